The van der Waals surface area contributed by atoms with Crippen molar-refractivity contribution in [1.29, 1.82) is 0 Å². The van der Waals surface area contributed by atoms with Crippen molar-refractivity contribution in [3.05, 3.63) is 35.4 Å². The number of amides is 1. The minimum absolute atomic E-state index is 0. The van der Waals surface area contributed by atoms with Gasteiger partial charge < -0.3 is 10.6 Å². The molecular formula is C18H29Cl2N3O. The second kappa shape index (κ2) is 10.9. The fraction of sp³-hybridized carbons (Fsp3) is 0.611. The maximum absolute atomic E-state index is 12.1. The Morgan fingerprint density at radius 3 is 2.38 bits per heavy atom. The molecule has 4 nitrogen and oxygen atoms in total. The third-order valence-electron chi connectivity index (χ3n) is 4.76. The van der Waals surface area contributed by atoms with Crippen molar-refractivity contribution in [2.24, 2.45) is 5.92 Å². The summed E-state index contributed by atoms with van der Waals surface area (Å²) in [5.74, 6) is 0.330. The molecule has 2 fully saturated rings. The monoisotopic (exact) mass is 373 g/mol. The standard InChI is InChI=1S/C18H27N3O.2ClH/c22-18(17-4-3-9-19-13-17)20-12-15-5-7-16(8-6-15)14-21-10-1-2-11-21;;/h5-8,17,19H,1-4,9-14H2,(H,20,22);2*1H. The summed E-state index contributed by atoms with van der Waals surface area (Å²) in [5, 5.41) is 6.36. The van der Waals surface area contributed by atoms with Crippen LogP contribution < -0.4 is 10.6 Å². The van der Waals surface area contributed by atoms with E-state index in [1.165, 1.54) is 37.1 Å². The van der Waals surface area contributed by atoms with E-state index in [4.69, 9.17) is 0 Å². The number of carbonyl (C=O) groups excluding carboxylic acids is 1. The van der Waals surface area contributed by atoms with Crippen molar-refractivity contribution in [1.82, 2.24) is 15.5 Å². The van der Waals surface area contributed by atoms with Gasteiger partial charge in [0, 0.05) is 19.6 Å². The van der Waals surface area contributed by atoms with Crippen LogP contribution >= 0.6 is 24.8 Å². The van der Waals surface area contributed by atoms with Gasteiger partial charge in [-0.05, 0) is 56.4 Å². The van der Waals surface area contributed by atoms with E-state index < -0.39 is 0 Å². The highest BCUT2D eigenvalue weighted by molar-refractivity contribution is 5.85. The third kappa shape index (κ3) is 6.25. The number of nitrogens with one attached hydrogen (secondary N) is 2. The Labute approximate surface area is 157 Å². The van der Waals surface area contributed by atoms with E-state index >= 15 is 0 Å². The summed E-state index contributed by atoms with van der Waals surface area (Å²) < 4.78 is 0. The second-order valence-electron chi connectivity index (χ2n) is 6.56. The van der Waals surface area contributed by atoms with E-state index in [0.717, 1.165) is 32.5 Å². The molecule has 1 amide bonds. The van der Waals surface area contributed by atoms with Gasteiger partial charge in [0.05, 0.1) is 5.92 Å². The average molecular weight is 374 g/mol. The summed E-state index contributed by atoms with van der Waals surface area (Å²) >= 11 is 0. The molecule has 2 saturated heterocycles. The molecule has 2 N–H and O–H groups in total. The molecule has 0 bridgehead atoms. The van der Waals surface area contributed by atoms with Gasteiger partial charge in [-0.2, -0.15) is 0 Å². The van der Waals surface area contributed by atoms with E-state index in [0.29, 0.717) is 6.54 Å². The van der Waals surface area contributed by atoms with Crippen LogP contribution in [0.15, 0.2) is 24.3 Å². The van der Waals surface area contributed by atoms with E-state index in [9.17, 15) is 4.79 Å². The molecule has 0 aromatic heterocycles. The largest absolute Gasteiger partial charge is 0.352 e. The highest BCUT2D eigenvalue weighted by Gasteiger charge is 2.20. The van der Waals surface area contributed by atoms with Gasteiger partial charge in [0.1, 0.15) is 0 Å². The van der Waals surface area contributed by atoms with E-state index in [1.807, 2.05) is 0 Å². The zero-order chi connectivity index (χ0) is 15.2. The number of piperidine rings is 1. The summed E-state index contributed by atoms with van der Waals surface area (Å²) in [5.41, 5.74) is 2.55. The second-order valence-corrected chi connectivity index (χ2v) is 6.56. The highest BCUT2D eigenvalue weighted by Crippen LogP contribution is 2.14. The molecule has 3 rings (SSSR count). The summed E-state index contributed by atoms with van der Waals surface area (Å²) in [6.45, 7) is 6.02. The van der Waals surface area contributed by atoms with Crippen LogP contribution in [0, 0.1) is 5.92 Å². The molecule has 2 heterocycles. The molecule has 0 aliphatic carbocycles. The molecule has 2 aliphatic rings. The van der Waals surface area contributed by atoms with E-state index in [1.54, 1.807) is 0 Å². The first-order chi connectivity index (χ1) is 10.8. The molecule has 2 aliphatic heterocycles. The Morgan fingerprint density at radius 1 is 1.08 bits per heavy atom. The quantitative estimate of drug-likeness (QED) is 0.833. The van der Waals surface area contributed by atoms with E-state index in [-0.39, 0.29) is 36.6 Å². The minimum atomic E-state index is 0. The van der Waals surface area contributed by atoms with Gasteiger partial charge in [0.15, 0.2) is 0 Å². The summed E-state index contributed by atoms with van der Waals surface area (Å²) in [7, 11) is 0. The number of hydrogen-bond donors (Lipinski definition) is 2. The Morgan fingerprint density at radius 2 is 1.75 bits per heavy atom. The number of carbonyl (C=O) groups is 1. The zero-order valence-corrected chi connectivity index (χ0v) is 15.8. The third-order valence-corrected chi connectivity index (χ3v) is 4.76. The zero-order valence-electron chi connectivity index (χ0n) is 14.1. The number of likely N-dealkylation sites (tertiary alicyclic amines) is 1. The Balaban J connectivity index is 0.00000144. The molecule has 6 heteroatoms. The maximum atomic E-state index is 12.1. The molecule has 0 radical (unpaired) electrons. The molecule has 1 unspecified atom stereocenters. The van der Waals surface area contributed by atoms with Crippen LogP contribution in [-0.4, -0.2) is 37.0 Å². The van der Waals surface area contributed by atoms with Gasteiger partial charge in [-0.25, -0.2) is 0 Å². The fourth-order valence-electron chi connectivity index (χ4n) is 3.37. The summed E-state index contributed by atoms with van der Waals surface area (Å²) in [4.78, 5) is 14.6. The average Bonchev–Trinajstić information content (AvgIpc) is 3.08. The van der Waals surface area contributed by atoms with Gasteiger partial charge in [0.2, 0.25) is 5.91 Å². The molecule has 0 saturated carbocycles. The van der Waals surface area contributed by atoms with Gasteiger partial charge in [-0.15, -0.1) is 24.8 Å². The highest BCUT2D eigenvalue weighted by atomic mass is 35.5. The van der Waals surface area contributed by atoms with Crippen LogP contribution in [0.2, 0.25) is 0 Å². The number of hydrogen-bond acceptors (Lipinski definition) is 3. The molecule has 24 heavy (non-hydrogen) atoms. The summed E-state index contributed by atoms with van der Waals surface area (Å²) in [6, 6.07) is 8.68. The minimum Gasteiger partial charge on any atom is -0.352 e. The number of benzene rings is 1. The first-order valence-electron chi connectivity index (χ1n) is 8.60. The molecule has 136 valence electrons. The molecule has 1 aromatic carbocycles. The lowest BCUT2D eigenvalue weighted by molar-refractivity contribution is -0.125. The van der Waals surface area contributed by atoms with Crippen LogP contribution in [0.5, 0.6) is 0 Å². The smallest absolute Gasteiger partial charge is 0.224 e. The predicted molar refractivity (Wildman–Crippen MR) is 103 cm³/mol. The maximum Gasteiger partial charge on any atom is 0.224 e. The van der Waals surface area contributed by atoms with E-state index in [2.05, 4.69) is 39.8 Å². The Kier molecular flexibility index (Phi) is 9.67. The van der Waals surface area contributed by atoms with Crippen molar-refractivity contribution in [3.63, 3.8) is 0 Å². The number of rotatable bonds is 5. The SMILES string of the molecule is Cl.Cl.O=C(NCc1ccc(CN2CCCC2)cc1)C1CCCNC1. The van der Waals surface area contributed by atoms with Crippen molar-refractivity contribution < 1.29 is 4.79 Å². The number of nitrogens with zero attached hydrogens (tertiary/aromatic N) is 1. The van der Waals surface area contributed by atoms with Gasteiger partial charge in [-0.3, -0.25) is 9.69 Å². The first kappa shape index (κ1) is 21.2. The van der Waals surface area contributed by atoms with Gasteiger partial charge >= 0.3 is 0 Å². The van der Waals surface area contributed by atoms with Crippen molar-refractivity contribution in [2.45, 2.75) is 38.8 Å². The van der Waals surface area contributed by atoms with Crippen LogP contribution in [0.25, 0.3) is 0 Å². The predicted octanol–water partition coefficient (Wildman–Crippen LogP) is 2.74. The van der Waals surface area contributed by atoms with Crippen LogP contribution in [-0.2, 0) is 17.9 Å². The lowest BCUT2D eigenvalue weighted by atomic mass is 9.99. The van der Waals surface area contributed by atoms with Gasteiger partial charge in [0.25, 0.3) is 0 Å². The normalized spacial score (nSPS) is 20.8. The van der Waals surface area contributed by atoms with Gasteiger partial charge in [-0.1, -0.05) is 24.3 Å². The topological polar surface area (TPSA) is 44.4 Å². The van der Waals surface area contributed by atoms with Crippen molar-refractivity contribution in [2.75, 3.05) is 26.2 Å². The first-order valence-corrected chi connectivity index (χ1v) is 8.60. The lowest BCUT2D eigenvalue weighted by Crippen LogP contribution is -2.40. The van der Waals surface area contributed by atoms with Crippen LogP contribution in [0.4, 0.5) is 0 Å². The molecule has 1 aromatic rings. The van der Waals surface area contributed by atoms with Crippen LogP contribution in [0.1, 0.15) is 36.8 Å². The Bertz CT molecular complexity index is 484. The summed E-state index contributed by atoms with van der Waals surface area (Å²) in [6.07, 6.45) is 4.77. The van der Waals surface area contributed by atoms with Crippen molar-refractivity contribution in [3.8, 4) is 0 Å². The van der Waals surface area contributed by atoms with Crippen LogP contribution in [0.3, 0.4) is 0 Å². The number of halogens is 2. The molecule has 0 spiro atoms. The Hall–Kier alpha value is -0.810. The molecule has 1 atom stereocenters. The molecular weight excluding hydrogens is 345 g/mol. The fourth-order valence-corrected chi connectivity index (χ4v) is 3.37. The van der Waals surface area contributed by atoms with Crippen molar-refractivity contribution >= 4 is 30.7 Å². The lowest BCUT2D eigenvalue weighted by Gasteiger charge is -2.22.